The maximum absolute atomic E-state index is 6.14. The Morgan fingerprint density at radius 2 is 1.97 bits per heavy atom. The van der Waals surface area contributed by atoms with Gasteiger partial charge in [-0.1, -0.05) is 50.6 Å². The summed E-state index contributed by atoms with van der Waals surface area (Å²) in [4.78, 5) is 9.17. The van der Waals surface area contributed by atoms with E-state index in [-0.39, 0.29) is 35.5 Å². The smallest absolute Gasteiger partial charge is 0.191 e. The summed E-state index contributed by atoms with van der Waals surface area (Å²) in [6.07, 6.45) is 3.33. The van der Waals surface area contributed by atoms with Gasteiger partial charge in [0.2, 0.25) is 0 Å². The third kappa shape index (κ3) is 7.71. The molecule has 1 aromatic carbocycles. The van der Waals surface area contributed by atoms with Gasteiger partial charge in [-0.15, -0.1) is 35.3 Å². The van der Waals surface area contributed by atoms with Crippen LogP contribution < -0.4 is 10.6 Å². The van der Waals surface area contributed by atoms with Crippen molar-refractivity contribution in [2.24, 2.45) is 10.9 Å². The fraction of sp³-hybridized carbons (Fsp3) is 0.583. The molecule has 31 heavy (non-hydrogen) atoms. The number of halogens is 1. The summed E-state index contributed by atoms with van der Waals surface area (Å²) in [5, 5.41) is 10.3. The highest BCUT2D eigenvalue weighted by molar-refractivity contribution is 14.0. The molecule has 1 fully saturated rings. The fourth-order valence-corrected chi connectivity index (χ4v) is 4.71. The number of nitrogens with one attached hydrogen (secondary N) is 2. The normalized spacial score (nSPS) is 19.6. The Bertz CT molecular complexity index is 829. The molecule has 7 heteroatoms. The number of thiazole rings is 1. The Morgan fingerprint density at radius 1 is 1.23 bits per heavy atom. The number of rotatable bonds is 6. The van der Waals surface area contributed by atoms with Gasteiger partial charge in [-0.3, -0.25) is 4.99 Å². The molecule has 2 atom stereocenters. The van der Waals surface area contributed by atoms with Gasteiger partial charge in [0.1, 0.15) is 0 Å². The third-order valence-electron chi connectivity index (χ3n) is 5.56. The summed E-state index contributed by atoms with van der Waals surface area (Å²) in [5.74, 6) is 1.28. The maximum Gasteiger partial charge on any atom is 0.191 e. The second-order valence-corrected chi connectivity index (χ2v) is 10.1. The highest BCUT2D eigenvalue weighted by atomic mass is 127. The summed E-state index contributed by atoms with van der Waals surface area (Å²) in [5.41, 5.74) is 3.83. The van der Waals surface area contributed by atoms with Crippen LogP contribution >= 0.6 is 35.3 Å². The summed E-state index contributed by atoms with van der Waals surface area (Å²) < 4.78 is 6.14. The first kappa shape index (κ1) is 26.1. The van der Waals surface area contributed by atoms with Crippen LogP contribution in [0.15, 0.2) is 34.6 Å². The molecule has 172 valence electrons. The van der Waals surface area contributed by atoms with Gasteiger partial charge in [0.05, 0.1) is 16.8 Å². The van der Waals surface area contributed by atoms with Crippen LogP contribution in [0.2, 0.25) is 0 Å². The number of hydrogen-bond donors (Lipinski definition) is 2. The highest BCUT2D eigenvalue weighted by Crippen LogP contribution is 2.33. The van der Waals surface area contributed by atoms with Crippen molar-refractivity contribution in [3.8, 4) is 0 Å². The standard InChI is InChI=1S/C24H36N4OS.HI/c1-17-8-10-18(11-9-17)22-19(7-6-14-29-22)15-27-23(25-5)26-13-12-21-28-20(16-30-21)24(2,3)4;/h8-11,16,19,22H,6-7,12-15H2,1-5H3,(H2,25,26,27);1H. The van der Waals surface area contributed by atoms with Crippen molar-refractivity contribution in [2.75, 3.05) is 26.7 Å². The molecule has 0 saturated carbocycles. The van der Waals surface area contributed by atoms with Gasteiger partial charge >= 0.3 is 0 Å². The molecule has 0 radical (unpaired) electrons. The number of aliphatic imine (C=N–C) groups is 1. The van der Waals surface area contributed by atoms with E-state index in [4.69, 9.17) is 9.72 Å². The Labute approximate surface area is 208 Å². The molecule has 1 aromatic heterocycles. The zero-order chi connectivity index (χ0) is 21.6. The maximum atomic E-state index is 6.14. The van der Waals surface area contributed by atoms with E-state index in [1.54, 1.807) is 11.3 Å². The predicted molar refractivity (Wildman–Crippen MR) is 142 cm³/mol. The summed E-state index contributed by atoms with van der Waals surface area (Å²) in [7, 11) is 1.82. The second kappa shape index (κ2) is 12.2. The first-order chi connectivity index (χ1) is 14.4. The molecular weight excluding hydrogens is 519 g/mol. The van der Waals surface area contributed by atoms with Gasteiger partial charge in [0.15, 0.2) is 5.96 Å². The molecule has 2 N–H and O–H groups in total. The molecule has 2 unspecified atom stereocenters. The first-order valence-electron chi connectivity index (χ1n) is 10.9. The van der Waals surface area contributed by atoms with Crippen LogP contribution in [0, 0.1) is 12.8 Å². The van der Waals surface area contributed by atoms with Crippen molar-refractivity contribution in [1.82, 2.24) is 15.6 Å². The van der Waals surface area contributed by atoms with E-state index in [2.05, 4.69) is 73.0 Å². The number of guanidine groups is 1. The van der Waals surface area contributed by atoms with Crippen LogP contribution in [0.25, 0.3) is 0 Å². The van der Waals surface area contributed by atoms with Crippen molar-refractivity contribution in [3.05, 3.63) is 51.5 Å². The third-order valence-corrected chi connectivity index (χ3v) is 6.47. The average Bonchev–Trinajstić information content (AvgIpc) is 3.21. The van der Waals surface area contributed by atoms with Crippen molar-refractivity contribution < 1.29 is 4.74 Å². The molecule has 1 saturated heterocycles. The molecule has 2 heterocycles. The number of hydrogen-bond acceptors (Lipinski definition) is 4. The number of ether oxygens (including phenoxy) is 1. The lowest BCUT2D eigenvalue weighted by atomic mass is 9.89. The van der Waals surface area contributed by atoms with Gasteiger partial charge in [0, 0.05) is 49.9 Å². The molecule has 0 bridgehead atoms. The summed E-state index contributed by atoms with van der Waals surface area (Å²) >= 11 is 1.74. The quantitative estimate of drug-likeness (QED) is 0.290. The molecule has 0 aliphatic carbocycles. The lowest BCUT2D eigenvalue weighted by Crippen LogP contribution is -2.42. The van der Waals surface area contributed by atoms with Crippen LogP contribution in [0.3, 0.4) is 0 Å². The van der Waals surface area contributed by atoms with E-state index in [0.717, 1.165) is 44.9 Å². The average molecular weight is 557 g/mol. The second-order valence-electron chi connectivity index (χ2n) is 9.11. The number of benzene rings is 1. The minimum Gasteiger partial charge on any atom is -0.373 e. The van der Waals surface area contributed by atoms with Gasteiger partial charge in [-0.2, -0.15) is 0 Å². The molecule has 2 aromatic rings. The van der Waals surface area contributed by atoms with Crippen molar-refractivity contribution >= 4 is 41.3 Å². The van der Waals surface area contributed by atoms with Crippen LogP contribution in [-0.2, 0) is 16.6 Å². The minimum absolute atomic E-state index is 0. The predicted octanol–water partition coefficient (Wildman–Crippen LogP) is 5.24. The molecule has 5 nitrogen and oxygen atoms in total. The van der Waals surface area contributed by atoms with Crippen LogP contribution in [0.1, 0.15) is 61.5 Å². The minimum atomic E-state index is 0. The van der Waals surface area contributed by atoms with E-state index in [1.807, 2.05) is 7.05 Å². The number of aryl methyl sites for hydroxylation is 1. The highest BCUT2D eigenvalue weighted by Gasteiger charge is 2.27. The molecule has 0 amide bonds. The Hall–Kier alpha value is -1.19. The molecule has 0 spiro atoms. The summed E-state index contributed by atoms with van der Waals surface area (Å²) in [6, 6.07) is 8.74. The van der Waals surface area contributed by atoms with Gasteiger partial charge in [-0.25, -0.2) is 4.98 Å². The van der Waals surface area contributed by atoms with E-state index in [0.29, 0.717) is 5.92 Å². The van der Waals surface area contributed by atoms with E-state index < -0.39 is 0 Å². The topological polar surface area (TPSA) is 58.5 Å². The Balaban J connectivity index is 0.00000341. The van der Waals surface area contributed by atoms with Crippen molar-refractivity contribution in [3.63, 3.8) is 0 Å². The fourth-order valence-electron chi connectivity index (χ4n) is 3.68. The van der Waals surface area contributed by atoms with Crippen LogP contribution in [-0.4, -0.2) is 37.7 Å². The molecular formula is C24H37IN4OS. The first-order valence-corrected chi connectivity index (χ1v) is 11.8. The van der Waals surface area contributed by atoms with Crippen LogP contribution in [0.5, 0.6) is 0 Å². The van der Waals surface area contributed by atoms with E-state index in [9.17, 15) is 0 Å². The Morgan fingerprint density at radius 3 is 2.61 bits per heavy atom. The van der Waals surface area contributed by atoms with Gasteiger partial charge in [-0.05, 0) is 25.3 Å². The van der Waals surface area contributed by atoms with E-state index in [1.165, 1.54) is 21.8 Å². The van der Waals surface area contributed by atoms with Crippen LogP contribution in [0.4, 0.5) is 0 Å². The Kier molecular flexibility index (Phi) is 10.2. The van der Waals surface area contributed by atoms with Crippen molar-refractivity contribution in [2.45, 2.75) is 58.5 Å². The molecule has 1 aliphatic heterocycles. The lowest BCUT2D eigenvalue weighted by Gasteiger charge is -2.32. The zero-order valence-corrected chi connectivity index (χ0v) is 22.6. The SMILES string of the molecule is CN=C(NCCc1nc(C(C)(C)C)cs1)NCC1CCCOC1c1ccc(C)cc1.I. The number of aromatic nitrogens is 1. The molecule has 3 rings (SSSR count). The van der Waals surface area contributed by atoms with Gasteiger partial charge in [0.25, 0.3) is 0 Å². The van der Waals surface area contributed by atoms with E-state index >= 15 is 0 Å². The molecule has 1 aliphatic rings. The number of nitrogens with zero attached hydrogens (tertiary/aromatic N) is 2. The van der Waals surface area contributed by atoms with Gasteiger partial charge < -0.3 is 15.4 Å². The monoisotopic (exact) mass is 556 g/mol. The largest absolute Gasteiger partial charge is 0.373 e. The summed E-state index contributed by atoms with van der Waals surface area (Å²) in [6.45, 7) is 11.2. The van der Waals surface area contributed by atoms with Crippen molar-refractivity contribution in [1.29, 1.82) is 0 Å². The lowest BCUT2D eigenvalue weighted by molar-refractivity contribution is -0.0265. The zero-order valence-electron chi connectivity index (χ0n) is 19.4.